The Morgan fingerprint density at radius 3 is 2.27 bits per heavy atom. The van der Waals surface area contributed by atoms with Gasteiger partial charge in [-0.3, -0.25) is 4.79 Å². The molecule has 4 saturated carbocycles. The van der Waals surface area contributed by atoms with E-state index in [-0.39, 0.29) is 17.8 Å². The monoisotopic (exact) mass is 425 g/mol. The molecule has 4 aliphatic rings. The van der Waals surface area contributed by atoms with Crippen LogP contribution in [0.1, 0.15) is 59.6 Å². The average Bonchev–Trinajstić information content (AvgIpc) is 3.15. The zero-order chi connectivity index (χ0) is 20.7. The number of nitrogens with zero attached hydrogens (tertiary/aromatic N) is 1. The summed E-state index contributed by atoms with van der Waals surface area (Å²) in [4.78, 5) is 29.8. The number of esters is 1. The van der Waals surface area contributed by atoms with Crippen LogP contribution in [0.5, 0.6) is 5.75 Å². The third-order valence-corrected chi connectivity index (χ3v) is 7.93. The summed E-state index contributed by atoms with van der Waals surface area (Å²) in [6, 6.07) is 6.85. The molecule has 4 bridgehead atoms. The van der Waals surface area contributed by atoms with Crippen LogP contribution in [0.3, 0.4) is 0 Å². The van der Waals surface area contributed by atoms with Gasteiger partial charge < -0.3 is 9.47 Å². The van der Waals surface area contributed by atoms with Crippen molar-refractivity contribution >= 4 is 23.1 Å². The number of carbonyl (C=O) groups excluding carboxylic acids is 2. The number of hydrogen-bond acceptors (Lipinski definition) is 6. The van der Waals surface area contributed by atoms with Gasteiger partial charge in [-0.1, -0.05) is 0 Å². The normalized spacial score (nSPS) is 29.0. The Kier molecular flexibility index (Phi) is 5.13. The van der Waals surface area contributed by atoms with Gasteiger partial charge in [0.1, 0.15) is 12.4 Å². The van der Waals surface area contributed by atoms with Gasteiger partial charge in [-0.25, -0.2) is 9.78 Å². The number of carbonyl (C=O) groups is 2. The quantitative estimate of drug-likeness (QED) is 0.586. The maximum absolute atomic E-state index is 13.0. The average molecular weight is 426 g/mol. The Morgan fingerprint density at radius 1 is 1.07 bits per heavy atom. The van der Waals surface area contributed by atoms with E-state index in [2.05, 4.69) is 4.98 Å². The molecule has 30 heavy (non-hydrogen) atoms. The molecule has 158 valence electrons. The second-order valence-corrected chi connectivity index (χ2v) is 10.4. The molecule has 4 aliphatic carbocycles. The van der Waals surface area contributed by atoms with Crippen molar-refractivity contribution in [2.45, 2.75) is 52.1 Å². The summed E-state index contributed by atoms with van der Waals surface area (Å²) in [5, 5.41) is 2.98. The highest BCUT2D eigenvalue weighted by molar-refractivity contribution is 7.09. The minimum Gasteiger partial charge on any atom is -0.487 e. The lowest BCUT2D eigenvalue weighted by Crippen LogP contribution is -2.51. The number of Topliss-reactive ketones (excluding diaryl/α,β-unsaturated/α-hetero) is 1. The van der Waals surface area contributed by atoms with Crippen LogP contribution in [0.15, 0.2) is 29.6 Å². The van der Waals surface area contributed by atoms with Gasteiger partial charge in [0.05, 0.1) is 16.3 Å². The molecule has 0 amide bonds. The Morgan fingerprint density at radius 2 is 1.70 bits per heavy atom. The zero-order valence-electron chi connectivity index (χ0n) is 17.3. The number of thiazole rings is 1. The van der Waals surface area contributed by atoms with E-state index < -0.39 is 5.97 Å². The predicted molar refractivity (Wildman–Crippen MR) is 114 cm³/mol. The molecule has 1 heterocycles. The molecule has 5 nitrogen and oxygen atoms in total. The van der Waals surface area contributed by atoms with E-state index in [1.807, 2.05) is 12.3 Å². The summed E-state index contributed by atoms with van der Waals surface area (Å²) < 4.78 is 11.1. The number of aryl methyl sites for hydroxylation is 1. The van der Waals surface area contributed by atoms with E-state index in [0.29, 0.717) is 35.7 Å². The van der Waals surface area contributed by atoms with Crippen molar-refractivity contribution in [1.29, 1.82) is 0 Å². The standard InChI is InChI=1S/C24H27NO4S/c1-15-25-20(14-30-15)12-28-21-4-2-19(3-5-21)23(27)29-13-22(26)24-9-16-6-17(10-24)8-18(7-16)11-24/h2-5,14,16-18H,6-13H2,1H3. The van der Waals surface area contributed by atoms with E-state index in [1.165, 1.54) is 19.3 Å². The molecule has 0 atom stereocenters. The maximum atomic E-state index is 13.0. The molecular formula is C24H27NO4S. The van der Waals surface area contributed by atoms with Crippen LogP contribution in [0.25, 0.3) is 0 Å². The first-order valence-corrected chi connectivity index (χ1v) is 11.7. The van der Waals surface area contributed by atoms with Gasteiger partial charge >= 0.3 is 5.97 Å². The number of ether oxygens (including phenoxy) is 2. The fourth-order valence-corrected chi connectivity index (χ4v) is 6.74. The minimum absolute atomic E-state index is 0.105. The molecule has 0 unspecified atom stereocenters. The molecule has 0 saturated heterocycles. The molecule has 0 aliphatic heterocycles. The van der Waals surface area contributed by atoms with Crippen molar-refractivity contribution in [3.05, 3.63) is 45.9 Å². The smallest absolute Gasteiger partial charge is 0.338 e. The van der Waals surface area contributed by atoms with Gasteiger partial charge in [0.2, 0.25) is 0 Å². The fraction of sp³-hybridized carbons (Fsp3) is 0.542. The number of benzene rings is 1. The third kappa shape index (κ3) is 3.89. The van der Waals surface area contributed by atoms with Crippen molar-refractivity contribution in [1.82, 2.24) is 4.98 Å². The number of ketones is 1. The van der Waals surface area contributed by atoms with Crippen molar-refractivity contribution < 1.29 is 19.1 Å². The van der Waals surface area contributed by atoms with Gasteiger partial charge in [0.25, 0.3) is 0 Å². The molecule has 0 N–H and O–H groups in total. The second kappa shape index (κ2) is 7.80. The number of hydrogen-bond donors (Lipinski definition) is 0. The third-order valence-electron chi connectivity index (χ3n) is 7.11. The van der Waals surface area contributed by atoms with Gasteiger partial charge in [0.15, 0.2) is 12.4 Å². The molecule has 0 spiro atoms. The molecule has 1 aromatic heterocycles. The lowest BCUT2D eigenvalue weighted by atomic mass is 9.48. The first kappa shape index (κ1) is 19.7. The second-order valence-electron chi connectivity index (χ2n) is 9.37. The number of rotatable bonds is 7. The molecule has 2 aromatic rings. The predicted octanol–water partition coefficient (Wildman–Crippen LogP) is 4.97. The molecule has 1 aromatic carbocycles. The van der Waals surface area contributed by atoms with E-state index >= 15 is 0 Å². The Labute approximate surface area is 180 Å². The molecular weight excluding hydrogens is 398 g/mol. The topological polar surface area (TPSA) is 65.5 Å². The lowest BCUT2D eigenvalue weighted by molar-refractivity contribution is -0.147. The Bertz CT molecular complexity index is 913. The lowest BCUT2D eigenvalue weighted by Gasteiger charge is -2.55. The minimum atomic E-state index is -0.449. The summed E-state index contributed by atoms with van der Waals surface area (Å²) in [6.07, 6.45) is 6.88. The van der Waals surface area contributed by atoms with Gasteiger partial charge in [-0.05, 0) is 87.5 Å². The Hall–Kier alpha value is -2.21. The maximum Gasteiger partial charge on any atom is 0.338 e. The molecule has 6 heteroatoms. The van der Waals surface area contributed by atoms with Crippen molar-refractivity contribution in [2.75, 3.05) is 6.61 Å². The van der Waals surface area contributed by atoms with Crippen LogP contribution in [-0.4, -0.2) is 23.3 Å². The van der Waals surface area contributed by atoms with Crippen LogP contribution in [0.2, 0.25) is 0 Å². The van der Waals surface area contributed by atoms with Gasteiger partial charge in [-0.2, -0.15) is 0 Å². The van der Waals surface area contributed by atoms with Crippen LogP contribution >= 0.6 is 11.3 Å². The van der Waals surface area contributed by atoms with Crippen LogP contribution in [0, 0.1) is 30.1 Å². The first-order valence-electron chi connectivity index (χ1n) is 10.8. The van der Waals surface area contributed by atoms with E-state index in [9.17, 15) is 9.59 Å². The highest BCUT2D eigenvalue weighted by Gasteiger charge is 2.54. The van der Waals surface area contributed by atoms with E-state index in [4.69, 9.17) is 9.47 Å². The highest BCUT2D eigenvalue weighted by Crippen LogP contribution is 2.60. The van der Waals surface area contributed by atoms with E-state index in [0.717, 1.165) is 30.0 Å². The largest absolute Gasteiger partial charge is 0.487 e. The molecule has 0 radical (unpaired) electrons. The summed E-state index contributed by atoms with van der Waals surface area (Å²) in [5.41, 5.74) is 1.11. The summed E-state index contributed by atoms with van der Waals surface area (Å²) in [7, 11) is 0. The van der Waals surface area contributed by atoms with Gasteiger partial charge in [-0.15, -0.1) is 11.3 Å². The van der Waals surface area contributed by atoms with Crippen molar-refractivity contribution in [3.8, 4) is 5.75 Å². The SMILES string of the molecule is Cc1nc(COc2ccc(C(=O)OCC(=O)C34CC5CC(CC(C5)C3)C4)cc2)cs1. The van der Waals surface area contributed by atoms with E-state index in [1.54, 1.807) is 35.6 Å². The molecule has 6 rings (SSSR count). The summed E-state index contributed by atoms with van der Waals surface area (Å²) in [6.45, 7) is 2.25. The summed E-state index contributed by atoms with van der Waals surface area (Å²) >= 11 is 1.59. The van der Waals surface area contributed by atoms with Crippen LogP contribution in [0.4, 0.5) is 0 Å². The van der Waals surface area contributed by atoms with Crippen molar-refractivity contribution in [3.63, 3.8) is 0 Å². The van der Waals surface area contributed by atoms with Crippen LogP contribution < -0.4 is 4.74 Å². The van der Waals surface area contributed by atoms with Crippen LogP contribution in [-0.2, 0) is 16.1 Å². The first-order chi connectivity index (χ1) is 14.5. The fourth-order valence-electron chi connectivity index (χ4n) is 6.14. The molecule has 4 fully saturated rings. The van der Waals surface area contributed by atoms with Gasteiger partial charge in [0, 0.05) is 10.8 Å². The summed E-state index contributed by atoms with van der Waals surface area (Å²) in [5.74, 6) is 2.47. The zero-order valence-corrected chi connectivity index (χ0v) is 18.1. The van der Waals surface area contributed by atoms with Crippen molar-refractivity contribution in [2.24, 2.45) is 23.2 Å². The Balaban J connectivity index is 1.14. The highest BCUT2D eigenvalue weighted by atomic mass is 32.1. The number of aromatic nitrogens is 1.